The minimum atomic E-state index is -0.488. The molecule has 104 valence electrons. The molecule has 8 heteroatoms. The van der Waals surface area contributed by atoms with E-state index in [4.69, 9.17) is 4.74 Å². The number of nitro benzene ring substituents is 1. The van der Waals surface area contributed by atoms with Gasteiger partial charge in [0, 0.05) is 12.6 Å². The maximum absolute atomic E-state index is 10.8. The highest BCUT2D eigenvalue weighted by Gasteiger charge is 2.16. The zero-order valence-electron chi connectivity index (χ0n) is 10.5. The summed E-state index contributed by atoms with van der Waals surface area (Å²) in [5.74, 6) is 1.14. The molecule has 1 heterocycles. The summed E-state index contributed by atoms with van der Waals surface area (Å²) >= 11 is 3.16. The first-order valence-corrected chi connectivity index (χ1v) is 6.57. The van der Waals surface area contributed by atoms with E-state index in [0.29, 0.717) is 18.1 Å². The largest absolute Gasteiger partial charge is 0.436 e. The van der Waals surface area contributed by atoms with E-state index in [0.717, 1.165) is 0 Å². The molecule has 0 amide bonds. The summed E-state index contributed by atoms with van der Waals surface area (Å²) in [6.45, 7) is 2.64. The summed E-state index contributed by atoms with van der Waals surface area (Å²) < 4.78 is 5.79. The first-order valence-electron chi connectivity index (χ1n) is 5.78. The number of nitrogens with one attached hydrogen (secondary N) is 1. The summed E-state index contributed by atoms with van der Waals surface area (Å²) in [4.78, 5) is 18.5. The monoisotopic (exact) mass is 338 g/mol. The molecule has 0 fully saturated rings. The van der Waals surface area contributed by atoms with Gasteiger partial charge < -0.3 is 10.1 Å². The van der Waals surface area contributed by atoms with Crippen molar-refractivity contribution in [3.8, 4) is 11.6 Å². The molecule has 0 atom stereocenters. The third kappa shape index (κ3) is 3.21. The Kier molecular flexibility index (Phi) is 4.46. The second-order valence-corrected chi connectivity index (χ2v) is 4.51. The second-order valence-electron chi connectivity index (χ2n) is 3.72. The third-order valence-electron chi connectivity index (χ3n) is 2.32. The number of nitrogens with zero attached hydrogens (tertiary/aromatic N) is 3. The Morgan fingerprint density at radius 3 is 2.95 bits per heavy atom. The molecule has 7 nitrogen and oxygen atoms in total. The molecule has 0 saturated carbocycles. The van der Waals surface area contributed by atoms with Crippen LogP contribution in [0.25, 0.3) is 0 Å². The van der Waals surface area contributed by atoms with E-state index in [1.807, 2.05) is 6.92 Å². The van der Waals surface area contributed by atoms with Crippen molar-refractivity contribution in [1.29, 1.82) is 0 Å². The van der Waals surface area contributed by atoms with Gasteiger partial charge in [-0.1, -0.05) is 6.07 Å². The van der Waals surface area contributed by atoms with E-state index in [9.17, 15) is 10.1 Å². The molecule has 0 unspecified atom stereocenters. The predicted molar refractivity (Wildman–Crippen MR) is 77.1 cm³/mol. The van der Waals surface area contributed by atoms with Crippen molar-refractivity contribution in [2.45, 2.75) is 6.92 Å². The van der Waals surface area contributed by atoms with Crippen molar-refractivity contribution in [3.63, 3.8) is 0 Å². The molecule has 0 aliphatic heterocycles. The Bertz CT molecular complexity index is 636. The third-order valence-corrected chi connectivity index (χ3v) is 3.12. The minimum Gasteiger partial charge on any atom is -0.436 e. The number of hydrogen-bond acceptors (Lipinski definition) is 6. The van der Waals surface area contributed by atoms with Gasteiger partial charge in [-0.3, -0.25) is 15.1 Å². The Morgan fingerprint density at radius 1 is 1.45 bits per heavy atom. The number of aromatic nitrogens is 2. The molecule has 20 heavy (non-hydrogen) atoms. The minimum absolute atomic E-state index is 0.0710. The van der Waals surface area contributed by atoms with Crippen LogP contribution in [-0.2, 0) is 0 Å². The zero-order valence-corrected chi connectivity index (χ0v) is 12.1. The molecular weight excluding hydrogens is 328 g/mol. The summed E-state index contributed by atoms with van der Waals surface area (Å²) in [7, 11) is 0. The molecule has 1 aromatic carbocycles. The van der Waals surface area contributed by atoms with Gasteiger partial charge in [0.1, 0.15) is 10.3 Å². The van der Waals surface area contributed by atoms with Crippen molar-refractivity contribution in [2.24, 2.45) is 0 Å². The van der Waals surface area contributed by atoms with Crippen LogP contribution in [-0.4, -0.2) is 21.4 Å². The molecule has 2 aromatic rings. The number of halogens is 1. The summed E-state index contributed by atoms with van der Waals surface area (Å²) in [5, 5.41) is 13.9. The van der Waals surface area contributed by atoms with Crippen LogP contribution in [0.4, 0.5) is 11.5 Å². The lowest BCUT2D eigenvalue weighted by Crippen LogP contribution is -2.01. The standard InChI is InChI=1S/C12H11BrN4O3/c1-2-15-10-6-14-7-11(16-10)20-9-5-3-4-8(12(9)13)17(18)19/h3-7H,2H2,1H3,(H,15,16). The van der Waals surface area contributed by atoms with Crippen molar-refractivity contribution < 1.29 is 9.66 Å². The number of nitro groups is 1. The molecule has 0 bridgehead atoms. The highest BCUT2D eigenvalue weighted by molar-refractivity contribution is 9.10. The van der Waals surface area contributed by atoms with Gasteiger partial charge >= 0.3 is 0 Å². The fourth-order valence-corrected chi connectivity index (χ4v) is 1.99. The second kappa shape index (κ2) is 6.29. The predicted octanol–water partition coefficient (Wildman–Crippen LogP) is 3.37. The summed E-state index contributed by atoms with van der Waals surface area (Å²) in [6, 6.07) is 4.54. The van der Waals surface area contributed by atoms with Crippen LogP contribution >= 0.6 is 15.9 Å². The fourth-order valence-electron chi connectivity index (χ4n) is 1.50. The van der Waals surface area contributed by atoms with Crippen LogP contribution in [0, 0.1) is 10.1 Å². The maximum atomic E-state index is 10.8. The molecule has 0 aliphatic carbocycles. The molecule has 2 rings (SSSR count). The van der Waals surface area contributed by atoms with E-state index in [1.165, 1.54) is 12.3 Å². The van der Waals surface area contributed by atoms with Gasteiger partial charge in [-0.2, -0.15) is 4.98 Å². The van der Waals surface area contributed by atoms with Gasteiger partial charge in [0.05, 0.1) is 17.3 Å². The molecular formula is C12H11BrN4O3. The quantitative estimate of drug-likeness (QED) is 0.663. The topological polar surface area (TPSA) is 90.2 Å². The van der Waals surface area contributed by atoms with Gasteiger partial charge in [0.25, 0.3) is 5.69 Å². The average Bonchev–Trinajstić information content (AvgIpc) is 2.42. The molecule has 0 saturated heterocycles. The van der Waals surface area contributed by atoms with Crippen LogP contribution in [0.3, 0.4) is 0 Å². The van der Waals surface area contributed by atoms with Gasteiger partial charge in [-0.15, -0.1) is 0 Å². The van der Waals surface area contributed by atoms with Gasteiger partial charge in [-0.25, -0.2) is 0 Å². The number of ether oxygens (including phenoxy) is 1. The lowest BCUT2D eigenvalue weighted by atomic mass is 10.3. The van der Waals surface area contributed by atoms with Crippen LogP contribution in [0.1, 0.15) is 6.92 Å². The summed E-state index contributed by atoms with van der Waals surface area (Å²) in [6.07, 6.45) is 3.00. The maximum Gasteiger partial charge on any atom is 0.287 e. The van der Waals surface area contributed by atoms with E-state index in [1.54, 1.807) is 18.3 Å². The van der Waals surface area contributed by atoms with Gasteiger partial charge in [0.2, 0.25) is 5.88 Å². The molecule has 1 N–H and O–H groups in total. The number of rotatable bonds is 5. The van der Waals surface area contributed by atoms with Crippen molar-refractivity contribution in [3.05, 3.63) is 45.2 Å². The van der Waals surface area contributed by atoms with Gasteiger partial charge in [-0.05, 0) is 28.9 Å². The SMILES string of the molecule is CCNc1cncc(Oc2cccc([N+](=O)[O-])c2Br)n1. The number of hydrogen-bond donors (Lipinski definition) is 1. The molecule has 0 radical (unpaired) electrons. The van der Waals surface area contributed by atoms with Gasteiger partial charge in [0.15, 0.2) is 5.75 Å². The van der Waals surface area contributed by atoms with Crippen molar-refractivity contribution in [2.75, 3.05) is 11.9 Å². The molecule has 1 aromatic heterocycles. The van der Waals surface area contributed by atoms with Crippen LogP contribution in [0.5, 0.6) is 11.6 Å². The normalized spacial score (nSPS) is 10.1. The fraction of sp³-hybridized carbons (Fsp3) is 0.167. The smallest absolute Gasteiger partial charge is 0.287 e. The Hall–Kier alpha value is -2.22. The highest BCUT2D eigenvalue weighted by Crippen LogP contribution is 2.35. The van der Waals surface area contributed by atoms with Crippen molar-refractivity contribution in [1.82, 2.24) is 9.97 Å². The zero-order chi connectivity index (χ0) is 14.5. The van der Waals surface area contributed by atoms with E-state index in [-0.39, 0.29) is 16.0 Å². The van der Waals surface area contributed by atoms with E-state index >= 15 is 0 Å². The average molecular weight is 339 g/mol. The summed E-state index contributed by atoms with van der Waals surface area (Å²) in [5.41, 5.74) is -0.0710. The number of anilines is 1. The van der Waals surface area contributed by atoms with Crippen LogP contribution in [0.15, 0.2) is 35.1 Å². The lowest BCUT2D eigenvalue weighted by Gasteiger charge is -2.08. The van der Waals surface area contributed by atoms with E-state index < -0.39 is 4.92 Å². The first-order chi connectivity index (χ1) is 9.61. The Balaban J connectivity index is 2.28. The number of benzene rings is 1. The molecule has 0 spiro atoms. The first kappa shape index (κ1) is 14.2. The molecule has 0 aliphatic rings. The van der Waals surface area contributed by atoms with Crippen LogP contribution < -0.4 is 10.1 Å². The Labute approximate surface area is 123 Å². The highest BCUT2D eigenvalue weighted by atomic mass is 79.9. The Morgan fingerprint density at radius 2 is 2.25 bits per heavy atom. The van der Waals surface area contributed by atoms with Crippen LogP contribution in [0.2, 0.25) is 0 Å². The lowest BCUT2D eigenvalue weighted by molar-refractivity contribution is -0.385. The van der Waals surface area contributed by atoms with E-state index in [2.05, 4.69) is 31.2 Å². The van der Waals surface area contributed by atoms with Crippen molar-refractivity contribution >= 4 is 27.4 Å².